The summed E-state index contributed by atoms with van der Waals surface area (Å²) in [5.41, 5.74) is 17.5. The smallest absolute Gasteiger partial charge is 0.252 e. The minimum absolute atomic E-state index is 0.00908. The van der Waals surface area contributed by atoms with Crippen LogP contribution in [0.15, 0.2) is 154 Å². The average molecular weight is 837 g/mol. The predicted octanol–water partition coefficient (Wildman–Crippen LogP) is 13.3. The van der Waals surface area contributed by atoms with Gasteiger partial charge in [-0.3, -0.25) is 0 Å². The van der Waals surface area contributed by atoms with Crippen LogP contribution in [0.1, 0.15) is 58.2 Å². The molecule has 0 amide bonds. The van der Waals surface area contributed by atoms with E-state index in [-0.39, 0.29) is 17.5 Å². The zero-order chi connectivity index (χ0) is 43.6. The van der Waals surface area contributed by atoms with Gasteiger partial charge in [-0.1, -0.05) is 108 Å². The summed E-state index contributed by atoms with van der Waals surface area (Å²) in [6, 6.07) is 52.8. The number of rotatable bonds is 4. The fourth-order valence-corrected chi connectivity index (χ4v) is 10.1. The van der Waals surface area contributed by atoms with Crippen molar-refractivity contribution in [3.63, 3.8) is 0 Å². The molecule has 0 bridgehead atoms. The molecule has 5 heterocycles. The standard InChI is InChI=1S/C57H49BN2O4/c1-34-26-46-53-47(27-34)60(41-19-16-39(17-20-41)56(2,3)4)54-43(21-23-50-55(54)62-25-24-61-50)58(53)44-33-40(57(5,6)7)18-22-45(44)59(46)42-29-37(51-31-35-12-8-10-14-48(35)63-51)28-38(30-42)52-32-36-13-9-11-15-49(36)64-52/h8-23,26-33H,24-25H2,1-7H3. The van der Waals surface area contributed by atoms with Crippen molar-refractivity contribution in [1.82, 2.24) is 0 Å². The van der Waals surface area contributed by atoms with Gasteiger partial charge in [-0.2, -0.15) is 0 Å². The molecule has 7 heteroatoms. The lowest BCUT2D eigenvalue weighted by Gasteiger charge is -2.45. The first-order valence-corrected chi connectivity index (χ1v) is 22.4. The topological polar surface area (TPSA) is 51.2 Å². The van der Waals surface area contributed by atoms with Crippen molar-refractivity contribution in [2.45, 2.75) is 59.3 Å². The third kappa shape index (κ3) is 6.08. The molecule has 6 nitrogen and oxygen atoms in total. The summed E-state index contributed by atoms with van der Waals surface area (Å²) in [7, 11) is 0. The van der Waals surface area contributed by atoms with Crippen LogP contribution in [0.25, 0.3) is 44.6 Å². The molecule has 0 fully saturated rings. The van der Waals surface area contributed by atoms with Crippen molar-refractivity contribution in [1.29, 1.82) is 0 Å². The van der Waals surface area contributed by atoms with E-state index in [4.69, 9.17) is 18.3 Å². The van der Waals surface area contributed by atoms with Crippen LogP contribution in [0.3, 0.4) is 0 Å². The van der Waals surface area contributed by atoms with Crippen LogP contribution < -0.4 is 35.7 Å². The van der Waals surface area contributed by atoms with Crippen LogP contribution in [0.2, 0.25) is 0 Å². The van der Waals surface area contributed by atoms with Crippen molar-refractivity contribution in [3.8, 4) is 34.1 Å². The molecule has 7 aromatic carbocycles. The molecule has 0 atom stereocenters. The van der Waals surface area contributed by atoms with Gasteiger partial charge in [-0.05, 0) is 130 Å². The van der Waals surface area contributed by atoms with Crippen LogP contribution in [0.4, 0.5) is 34.1 Å². The van der Waals surface area contributed by atoms with Crippen molar-refractivity contribution >= 4 is 79.2 Å². The summed E-state index contributed by atoms with van der Waals surface area (Å²) in [6.45, 7) is 16.8. The average Bonchev–Trinajstić information content (AvgIpc) is 3.93. The Labute approximate surface area is 374 Å². The molecule has 9 aromatic rings. The Bertz CT molecular complexity index is 3190. The van der Waals surface area contributed by atoms with Gasteiger partial charge in [-0.15, -0.1) is 0 Å². The Morgan fingerprint density at radius 1 is 0.500 bits per heavy atom. The molecule has 64 heavy (non-hydrogen) atoms. The van der Waals surface area contributed by atoms with Crippen molar-refractivity contribution in [3.05, 3.63) is 162 Å². The monoisotopic (exact) mass is 836 g/mol. The predicted molar refractivity (Wildman–Crippen MR) is 264 cm³/mol. The van der Waals surface area contributed by atoms with E-state index < -0.39 is 0 Å². The molecule has 0 N–H and O–H groups in total. The number of hydrogen-bond donors (Lipinski definition) is 0. The lowest BCUT2D eigenvalue weighted by Crippen LogP contribution is -2.61. The Balaban J connectivity index is 1.16. The summed E-state index contributed by atoms with van der Waals surface area (Å²) in [5, 5.41) is 2.13. The molecular formula is C57H49BN2O4. The van der Waals surface area contributed by atoms with E-state index in [2.05, 4.69) is 180 Å². The molecule has 0 spiro atoms. The quantitative estimate of drug-likeness (QED) is 0.165. The zero-order valence-electron chi connectivity index (χ0n) is 37.4. The van der Waals surface area contributed by atoms with Gasteiger partial charge < -0.3 is 28.1 Å². The summed E-state index contributed by atoms with van der Waals surface area (Å²) < 4.78 is 26.2. The van der Waals surface area contributed by atoms with Crippen LogP contribution in [-0.4, -0.2) is 19.9 Å². The van der Waals surface area contributed by atoms with Gasteiger partial charge in [0.05, 0.1) is 5.69 Å². The van der Waals surface area contributed by atoms with Crippen molar-refractivity contribution in [2.75, 3.05) is 23.0 Å². The maximum Gasteiger partial charge on any atom is 0.252 e. The van der Waals surface area contributed by atoms with Crippen molar-refractivity contribution < 1.29 is 18.3 Å². The third-order valence-electron chi connectivity index (χ3n) is 13.3. The summed E-state index contributed by atoms with van der Waals surface area (Å²) in [4.78, 5) is 4.91. The van der Waals surface area contributed by atoms with Crippen LogP contribution in [0.5, 0.6) is 11.5 Å². The highest BCUT2D eigenvalue weighted by molar-refractivity contribution is 7.00. The van der Waals surface area contributed by atoms with E-state index in [0.717, 1.165) is 95.8 Å². The van der Waals surface area contributed by atoms with Gasteiger partial charge in [0.2, 0.25) is 0 Å². The summed E-state index contributed by atoms with van der Waals surface area (Å²) >= 11 is 0. The number of anilines is 6. The number of aryl methyl sites for hydroxylation is 1. The largest absolute Gasteiger partial charge is 0.486 e. The molecule has 0 radical (unpaired) electrons. The molecule has 0 aliphatic carbocycles. The first-order valence-electron chi connectivity index (χ1n) is 22.4. The van der Waals surface area contributed by atoms with Crippen molar-refractivity contribution in [2.24, 2.45) is 0 Å². The molecule has 0 saturated heterocycles. The molecule has 3 aliphatic rings. The maximum absolute atomic E-state index is 6.65. The molecule has 0 unspecified atom stereocenters. The molecule has 2 aromatic heterocycles. The van der Waals surface area contributed by atoms with Crippen LogP contribution >= 0.6 is 0 Å². The first-order chi connectivity index (χ1) is 30.9. The van der Waals surface area contributed by atoms with Crippen LogP contribution in [0, 0.1) is 6.92 Å². The number of nitrogens with zero attached hydrogens (tertiary/aromatic N) is 2. The Hall–Kier alpha value is -7.12. The number of hydrogen-bond acceptors (Lipinski definition) is 6. The zero-order valence-corrected chi connectivity index (χ0v) is 37.4. The number of benzene rings is 7. The van der Waals surface area contributed by atoms with Gasteiger partial charge >= 0.3 is 0 Å². The van der Waals surface area contributed by atoms with E-state index in [1.807, 2.05) is 24.3 Å². The molecule has 12 rings (SSSR count). The Morgan fingerprint density at radius 2 is 1.09 bits per heavy atom. The van der Waals surface area contributed by atoms with E-state index in [9.17, 15) is 0 Å². The second-order valence-electron chi connectivity index (χ2n) is 19.7. The minimum Gasteiger partial charge on any atom is -0.486 e. The highest BCUT2D eigenvalue weighted by Gasteiger charge is 2.46. The highest BCUT2D eigenvalue weighted by Crippen LogP contribution is 2.51. The third-order valence-corrected chi connectivity index (χ3v) is 13.3. The number of ether oxygens (including phenoxy) is 2. The summed E-state index contributed by atoms with van der Waals surface area (Å²) in [6.07, 6.45) is 0. The number of fused-ring (bicyclic) bond motifs is 8. The second-order valence-corrected chi connectivity index (χ2v) is 19.7. The van der Waals surface area contributed by atoms with Gasteiger partial charge in [0, 0.05) is 50.3 Å². The first kappa shape index (κ1) is 38.6. The molecule has 0 saturated carbocycles. The van der Waals surface area contributed by atoms with E-state index >= 15 is 0 Å². The summed E-state index contributed by atoms with van der Waals surface area (Å²) in [5.74, 6) is 3.17. The van der Waals surface area contributed by atoms with Crippen LogP contribution in [-0.2, 0) is 10.8 Å². The Morgan fingerprint density at radius 3 is 1.72 bits per heavy atom. The molecule has 3 aliphatic heterocycles. The van der Waals surface area contributed by atoms with Gasteiger partial charge in [0.1, 0.15) is 35.9 Å². The highest BCUT2D eigenvalue weighted by atomic mass is 16.6. The SMILES string of the molecule is Cc1cc2c3c(c1)N(c1ccc(C(C)(C)C)cc1)c1c(ccc4c1OCCO4)B3c1cc(C(C)(C)C)ccc1N2c1cc(-c2cc3ccccc3o2)cc(-c2cc3ccccc3o2)c1. The molecule has 314 valence electrons. The van der Waals surface area contributed by atoms with E-state index in [1.54, 1.807) is 0 Å². The van der Waals surface area contributed by atoms with E-state index in [1.165, 1.54) is 27.5 Å². The lowest BCUT2D eigenvalue weighted by atomic mass is 9.33. The fraction of sp³-hybridized carbons (Fsp3) is 0.193. The van der Waals surface area contributed by atoms with E-state index in [0.29, 0.717) is 13.2 Å². The number of furan rings is 2. The van der Waals surface area contributed by atoms with Gasteiger partial charge in [0.25, 0.3) is 6.71 Å². The van der Waals surface area contributed by atoms with Gasteiger partial charge in [-0.25, -0.2) is 0 Å². The number of para-hydroxylation sites is 2. The minimum atomic E-state index is -0.0940. The lowest BCUT2D eigenvalue weighted by molar-refractivity contribution is 0.172. The van der Waals surface area contributed by atoms with Gasteiger partial charge in [0.15, 0.2) is 11.5 Å². The normalized spacial score (nSPS) is 14.2. The Kier molecular flexibility index (Phi) is 8.40. The molecular weight excluding hydrogens is 787 g/mol. The maximum atomic E-state index is 6.65. The second kappa shape index (κ2) is 13.9. The fourth-order valence-electron chi connectivity index (χ4n) is 10.1.